The normalized spacial score (nSPS) is 10.5. The third-order valence-corrected chi connectivity index (χ3v) is 4.89. The summed E-state index contributed by atoms with van der Waals surface area (Å²) in [5, 5.41) is 13.3. The molecule has 0 unspecified atom stereocenters. The summed E-state index contributed by atoms with van der Waals surface area (Å²) in [4.78, 5) is 16.3. The average molecular weight is 552 g/mol. The molecule has 162 valence electrons. The number of methoxy groups -OCH3 is 1. The van der Waals surface area contributed by atoms with Crippen LogP contribution in [0.3, 0.4) is 0 Å². The summed E-state index contributed by atoms with van der Waals surface area (Å²) in [6.45, 7) is 5.64. The molecule has 0 saturated carbocycles. The van der Waals surface area contributed by atoms with Crippen LogP contribution in [0.2, 0.25) is 0 Å². The first-order chi connectivity index (χ1) is 14.9. The van der Waals surface area contributed by atoms with Crippen LogP contribution < -0.4 is 14.9 Å². The molecule has 0 saturated heterocycles. The summed E-state index contributed by atoms with van der Waals surface area (Å²) >= 11 is 6.87. The Morgan fingerprint density at radius 1 is 1.32 bits per heavy atom. The number of nitriles is 1. The molecule has 10 heteroatoms. The highest BCUT2D eigenvalue weighted by molar-refractivity contribution is 9.11. The van der Waals surface area contributed by atoms with Gasteiger partial charge in [0.05, 0.1) is 21.8 Å². The Morgan fingerprint density at radius 3 is 2.65 bits per heavy atom. The number of pyridine rings is 1. The number of aryl methyl sites for hydroxylation is 1. The first kappa shape index (κ1) is 24.5. The molecule has 0 spiro atoms. The van der Waals surface area contributed by atoms with E-state index in [2.05, 4.69) is 54.0 Å². The largest absolute Gasteiger partial charge is 0.487 e. The number of rotatable bonds is 10. The third-order valence-electron chi connectivity index (χ3n) is 3.72. The number of ether oxygens (including phenoxy) is 3. The fraction of sp³-hybridized carbons (Fsp3) is 0.238. The van der Waals surface area contributed by atoms with Crippen molar-refractivity contribution in [1.82, 2.24) is 10.4 Å². The lowest BCUT2D eigenvalue weighted by atomic mass is 10.1. The quantitative estimate of drug-likeness (QED) is 0.271. The van der Waals surface area contributed by atoms with Gasteiger partial charge in [-0.3, -0.25) is 4.79 Å². The fourth-order valence-electron chi connectivity index (χ4n) is 2.48. The SMILES string of the molecule is C=CCOc1c(Br)cc(C=NNC(=O)COc2nc(C)cc(COC)c2C#N)cc1Br. The predicted octanol–water partition coefficient (Wildman–Crippen LogP) is 4.03. The molecule has 0 radical (unpaired) electrons. The van der Waals surface area contributed by atoms with Gasteiger partial charge in [-0.25, -0.2) is 10.4 Å². The lowest BCUT2D eigenvalue weighted by molar-refractivity contribution is -0.123. The number of aromatic nitrogens is 1. The zero-order valence-electron chi connectivity index (χ0n) is 16.9. The van der Waals surface area contributed by atoms with E-state index in [0.717, 1.165) is 14.5 Å². The van der Waals surface area contributed by atoms with Gasteiger partial charge in [-0.15, -0.1) is 0 Å². The Balaban J connectivity index is 2.00. The van der Waals surface area contributed by atoms with Crippen LogP contribution >= 0.6 is 31.9 Å². The molecule has 1 heterocycles. The van der Waals surface area contributed by atoms with Crippen LogP contribution in [-0.4, -0.2) is 37.4 Å². The van der Waals surface area contributed by atoms with Crippen LogP contribution in [0.5, 0.6) is 11.6 Å². The number of nitrogens with zero attached hydrogens (tertiary/aromatic N) is 3. The Morgan fingerprint density at radius 2 is 2.03 bits per heavy atom. The van der Waals surface area contributed by atoms with Crippen molar-refractivity contribution in [3.05, 3.63) is 62.2 Å². The number of carbonyl (C=O) groups is 1. The summed E-state index contributed by atoms with van der Waals surface area (Å²) in [6, 6.07) is 7.37. The molecule has 1 aromatic heterocycles. The van der Waals surface area contributed by atoms with Gasteiger partial charge in [-0.05, 0) is 62.5 Å². The van der Waals surface area contributed by atoms with E-state index in [0.29, 0.717) is 23.6 Å². The predicted molar refractivity (Wildman–Crippen MR) is 123 cm³/mol. The molecule has 1 N–H and O–H groups in total. The van der Waals surface area contributed by atoms with Gasteiger partial charge >= 0.3 is 0 Å². The summed E-state index contributed by atoms with van der Waals surface area (Å²) in [7, 11) is 1.53. The van der Waals surface area contributed by atoms with Crippen LogP contribution in [0.1, 0.15) is 22.4 Å². The van der Waals surface area contributed by atoms with Gasteiger partial charge in [0.25, 0.3) is 5.91 Å². The minimum Gasteiger partial charge on any atom is -0.487 e. The van der Waals surface area contributed by atoms with Gasteiger partial charge in [0.2, 0.25) is 5.88 Å². The van der Waals surface area contributed by atoms with Crippen molar-refractivity contribution in [2.75, 3.05) is 20.3 Å². The van der Waals surface area contributed by atoms with E-state index in [9.17, 15) is 10.1 Å². The Bertz CT molecular complexity index is 1010. The Labute approximate surface area is 197 Å². The molecule has 8 nitrogen and oxygen atoms in total. The molecular formula is C21H20Br2N4O4. The maximum absolute atomic E-state index is 12.1. The summed E-state index contributed by atoms with van der Waals surface area (Å²) < 4.78 is 17.5. The zero-order valence-corrected chi connectivity index (χ0v) is 20.1. The Kier molecular flexibility index (Phi) is 9.65. The van der Waals surface area contributed by atoms with Crippen LogP contribution in [-0.2, 0) is 16.1 Å². The van der Waals surface area contributed by atoms with E-state index >= 15 is 0 Å². The second kappa shape index (κ2) is 12.2. The second-order valence-corrected chi connectivity index (χ2v) is 7.85. The number of halogens is 2. The summed E-state index contributed by atoms with van der Waals surface area (Å²) in [6.07, 6.45) is 3.13. The van der Waals surface area contributed by atoms with Gasteiger partial charge in [-0.1, -0.05) is 12.7 Å². The van der Waals surface area contributed by atoms with Crippen molar-refractivity contribution < 1.29 is 19.0 Å². The van der Waals surface area contributed by atoms with E-state index in [1.807, 2.05) is 6.07 Å². The number of benzene rings is 1. The fourth-order valence-corrected chi connectivity index (χ4v) is 3.93. The zero-order chi connectivity index (χ0) is 22.8. The van der Waals surface area contributed by atoms with Gasteiger partial charge < -0.3 is 14.2 Å². The molecular weight excluding hydrogens is 532 g/mol. The van der Waals surface area contributed by atoms with E-state index in [-0.39, 0.29) is 24.7 Å². The van der Waals surface area contributed by atoms with Crippen molar-refractivity contribution in [3.8, 4) is 17.7 Å². The molecule has 0 bridgehead atoms. The van der Waals surface area contributed by atoms with Crippen LogP contribution in [0.25, 0.3) is 0 Å². The van der Waals surface area contributed by atoms with Crippen molar-refractivity contribution in [2.24, 2.45) is 5.10 Å². The molecule has 0 fully saturated rings. The van der Waals surface area contributed by atoms with E-state index < -0.39 is 5.91 Å². The van der Waals surface area contributed by atoms with E-state index in [1.165, 1.54) is 13.3 Å². The topological polar surface area (TPSA) is 106 Å². The second-order valence-electron chi connectivity index (χ2n) is 6.14. The van der Waals surface area contributed by atoms with Gasteiger partial charge in [0.15, 0.2) is 6.61 Å². The first-order valence-corrected chi connectivity index (χ1v) is 10.5. The van der Waals surface area contributed by atoms with E-state index in [1.54, 1.807) is 31.2 Å². The standard InChI is InChI=1S/C21H20Br2N4O4/c1-4-5-30-20-17(22)7-14(8-18(20)23)10-25-27-19(28)12-31-21-16(9-24)15(11-29-3)6-13(2)26-21/h4,6-8,10H,1,5,11-12H2,2-3H3,(H,27,28). The molecule has 31 heavy (non-hydrogen) atoms. The van der Waals surface area contributed by atoms with Gasteiger partial charge in [0.1, 0.15) is 24.0 Å². The highest BCUT2D eigenvalue weighted by Crippen LogP contribution is 2.34. The third kappa shape index (κ3) is 7.17. The lowest BCUT2D eigenvalue weighted by Crippen LogP contribution is -2.25. The highest BCUT2D eigenvalue weighted by Gasteiger charge is 2.14. The van der Waals surface area contributed by atoms with E-state index in [4.69, 9.17) is 14.2 Å². The first-order valence-electron chi connectivity index (χ1n) is 8.96. The van der Waals surface area contributed by atoms with Crippen molar-refractivity contribution in [2.45, 2.75) is 13.5 Å². The molecule has 1 amide bonds. The average Bonchev–Trinajstić information content (AvgIpc) is 2.72. The number of hydrazone groups is 1. The lowest BCUT2D eigenvalue weighted by Gasteiger charge is -2.11. The monoisotopic (exact) mass is 550 g/mol. The van der Waals surface area contributed by atoms with Crippen LogP contribution in [0.4, 0.5) is 0 Å². The van der Waals surface area contributed by atoms with Crippen molar-refractivity contribution >= 4 is 44.0 Å². The van der Waals surface area contributed by atoms with Crippen molar-refractivity contribution in [1.29, 1.82) is 5.26 Å². The van der Waals surface area contributed by atoms with Gasteiger partial charge in [-0.2, -0.15) is 10.4 Å². The molecule has 0 aliphatic heterocycles. The minimum absolute atomic E-state index is 0.0802. The molecule has 0 atom stereocenters. The highest BCUT2D eigenvalue weighted by atomic mass is 79.9. The van der Waals surface area contributed by atoms with Crippen LogP contribution in [0, 0.1) is 18.3 Å². The number of nitrogens with one attached hydrogen (secondary N) is 1. The minimum atomic E-state index is -0.499. The molecule has 0 aliphatic carbocycles. The number of amides is 1. The van der Waals surface area contributed by atoms with Crippen molar-refractivity contribution in [3.63, 3.8) is 0 Å². The number of hydrogen-bond acceptors (Lipinski definition) is 7. The van der Waals surface area contributed by atoms with Crippen LogP contribution in [0.15, 0.2) is 44.9 Å². The van der Waals surface area contributed by atoms with Gasteiger partial charge in [0, 0.05) is 18.4 Å². The molecule has 2 aromatic rings. The molecule has 1 aromatic carbocycles. The Hall–Kier alpha value is -2.74. The maximum Gasteiger partial charge on any atom is 0.278 e. The maximum atomic E-state index is 12.1. The molecule has 0 aliphatic rings. The smallest absolute Gasteiger partial charge is 0.278 e. The molecule has 2 rings (SSSR count). The number of hydrogen-bond donors (Lipinski definition) is 1. The number of carbonyl (C=O) groups excluding carboxylic acids is 1. The summed E-state index contributed by atoms with van der Waals surface area (Å²) in [5.74, 6) is 0.221. The summed E-state index contributed by atoms with van der Waals surface area (Å²) in [5.41, 5.74) is 4.62.